The first-order chi connectivity index (χ1) is 13.7. The fourth-order valence-electron chi connectivity index (χ4n) is 4.46. The molecule has 3 heterocycles. The van der Waals surface area contributed by atoms with Gasteiger partial charge in [0.2, 0.25) is 0 Å². The molecule has 3 aromatic rings. The highest BCUT2D eigenvalue weighted by Gasteiger charge is 2.29. The third-order valence-electron chi connectivity index (χ3n) is 5.86. The number of rotatable bonds is 2. The highest BCUT2D eigenvalue weighted by atomic mass is 16.2. The smallest absolute Gasteiger partial charge is 0.254 e. The van der Waals surface area contributed by atoms with Crippen molar-refractivity contribution in [3.8, 4) is 0 Å². The number of benzene rings is 2. The van der Waals surface area contributed by atoms with Crippen molar-refractivity contribution in [1.29, 1.82) is 0 Å². The van der Waals surface area contributed by atoms with Gasteiger partial charge >= 0.3 is 0 Å². The highest BCUT2D eigenvalue weighted by Crippen LogP contribution is 2.30. The highest BCUT2D eigenvalue weighted by molar-refractivity contribution is 6.07. The molecule has 1 aromatic heterocycles. The van der Waals surface area contributed by atoms with Crippen LogP contribution in [0.5, 0.6) is 0 Å². The predicted octanol–water partition coefficient (Wildman–Crippen LogP) is 3.74. The number of carbonyl (C=O) groups is 1. The van der Waals surface area contributed by atoms with Crippen molar-refractivity contribution >= 4 is 22.5 Å². The first-order valence-electron chi connectivity index (χ1n) is 10.1. The molecule has 0 radical (unpaired) electrons. The molecule has 2 aliphatic rings. The zero-order valence-corrected chi connectivity index (χ0v) is 16.2. The zero-order chi connectivity index (χ0) is 19.1. The van der Waals surface area contributed by atoms with Crippen molar-refractivity contribution in [2.75, 3.05) is 24.5 Å². The number of anilines is 1. The Morgan fingerprint density at radius 1 is 0.964 bits per heavy atom. The average molecular weight is 372 g/mol. The summed E-state index contributed by atoms with van der Waals surface area (Å²) in [7, 11) is 0. The van der Waals surface area contributed by atoms with Gasteiger partial charge in [0.1, 0.15) is 11.6 Å². The molecular weight excluding hydrogens is 348 g/mol. The Balaban J connectivity index is 1.51. The molecule has 0 aliphatic carbocycles. The van der Waals surface area contributed by atoms with E-state index in [9.17, 15) is 4.79 Å². The molecule has 28 heavy (non-hydrogen) atoms. The summed E-state index contributed by atoms with van der Waals surface area (Å²) in [5, 5.41) is 2.11. The fraction of sp³-hybridized carbons (Fsp3) is 0.348. The number of amides is 1. The van der Waals surface area contributed by atoms with Gasteiger partial charge in [-0.05, 0) is 36.6 Å². The molecule has 0 saturated carbocycles. The molecule has 1 fully saturated rings. The number of hydrogen-bond acceptors (Lipinski definition) is 4. The van der Waals surface area contributed by atoms with Gasteiger partial charge in [-0.2, -0.15) is 0 Å². The molecule has 5 rings (SSSR count). The van der Waals surface area contributed by atoms with E-state index in [0.717, 1.165) is 58.7 Å². The lowest BCUT2D eigenvalue weighted by Crippen LogP contribution is -2.38. The maximum Gasteiger partial charge on any atom is 0.254 e. The Kier molecular flexibility index (Phi) is 4.23. The number of aryl methyl sites for hydroxylation is 1. The van der Waals surface area contributed by atoms with Crippen LogP contribution in [0, 0.1) is 6.92 Å². The van der Waals surface area contributed by atoms with E-state index in [4.69, 9.17) is 4.98 Å². The number of aromatic nitrogens is 2. The van der Waals surface area contributed by atoms with E-state index in [1.165, 1.54) is 12.8 Å². The topological polar surface area (TPSA) is 49.3 Å². The van der Waals surface area contributed by atoms with E-state index in [-0.39, 0.29) is 5.91 Å². The largest absolute Gasteiger partial charge is 0.356 e. The summed E-state index contributed by atoms with van der Waals surface area (Å²) < 4.78 is 0. The molecule has 0 atom stereocenters. The van der Waals surface area contributed by atoms with E-state index in [0.29, 0.717) is 13.1 Å². The molecule has 5 heteroatoms. The predicted molar refractivity (Wildman–Crippen MR) is 111 cm³/mol. The minimum Gasteiger partial charge on any atom is -0.356 e. The second kappa shape index (κ2) is 6.89. The molecule has 1 saturated heterocycles. The van der Waals surface area contributed by atoms with Crippen LogP contribution in [0.1, 0.15) is 40.3 Å². The zero-order valence-electron chi connectivity index (χ0n) is 16.2. The van der Waals surface area contributed by atoms with Crippen LogP contribution in [0.2, 0.25) is 0 Å². The first kappa shape index (κ1) is 17.2. The summed E-state index contributed by atoms with van der Waals surface area (Å²) >= 11 is 0. The molecule has 0 bridgehead atoms. The third kappa shape index (κ3) is 2.91. The second-order valence-electron chi connectivity index (χ2n) is 7.72. The Labute approximate surface area is 165 Å². The lowest BCUT2D eigenvalue weighted by atomic mass is 10.0. The van der Waals surface area contributed by atoms with Crippen molar-refractivity contribution in [2.24, 2.45) is 0 Å². The van der Waals surface area contributed by atoms with E-state index in [1.54, 1.807) is 0 Å². The standard InChI is InChI=1S/C23H24N4O/c1-16-24-21-11-14-27(15-20(21)22(25-16)26-12-4-5-13-26)23(28)19-10-6-8-17-7-2-3-9-18(17)19/h2-3,6-10H,4-5,11-15H2,1H3. The summed E-state index contributed by atoms with van der Waals surface area (Å²) in [4.78, 5) is 27.2. The molecule has 2 aliphatic heterocycles. The Bertz CT molecular complexity index is 1050. The second-order valence-corrected chi connectivity index (χ2v) is 7.72. The van der Waals surface area contributed by atoms with E-state index in [2.05, 4.69) is 22.0 Å². The number of nitrogens with zero attached hydrogens (tertiary/aromatic N) is 4. The fourth-order valence-corrected chi connectivity index (χ4v) is 4.46. The summed E-state index contributed by atoms with van der Waals surface area (Å²) in [6.45, 7) is 5.34. The van der Waals surface area contributed by atoms with Gasteiger partial charge in [0.15, 0.2) is 0 Å². The maximum atomic E-state index is 13.4. The number of fused-ring (bicyclic) bond motifs is 2. The van der Waals surface area contributed by atoms with Gasteiger partial charge in [-0.1, -0.05) is 36.4 Å². The van der Waals surface area contributed by atoms with Gasteiger partial charge < -0.3 is 9.80 Å². The minimum atomic E-state index is 0.0930. The van der Waals surface area contributed by atoms with Crippen LogP contribution in [0.15, 0.2) is 42.5 Å². The van der Waals surface area contributed by atoms with Crippen molar-refractivity contribution in [3.05, 3.63) is 65.1 Å². The van der Waals surface area contributed by atoms with Crippen molar-refractivity contribution in [1.82, 2.24) is 14.9 Å². The number of carbonyl (C=O) groups excluding carboxylic acids is 1. The summed E-state index contributed by atoms with van der Waals surface area (Å²) in [5.74, 6) is 1.96. The minimum absolute atomic E-state index is 0.0930. The van der Waals surface area contributed by atoms with Crippen LogP contribution in [0.25, 0.3) is 10.8 Å². The van der Waals surface area contributed by atoms with Crippen LogP contribution in [0.4, 0.5) is 5.82 Å². The molecule has 1 amide bonds. The van der Waals surface area contributed by atoms with Crippen LogP contribution in [-0.4, -0.2) is 40.4 Å². The summed E-state index contributed by atoms with van der Waals surface area (Å²) in [6.07, 6.45) is 3.20. The molecule has 5 nitrogen and oxygen atoms in total. The number of hydrogen-bond donors (Lipinski definition) is 0. The van der Waals surface area contributed by atoms with Crippen molar-refractivity contribution in [3.63, 3.8) is 0 Å². The summed E-state index contributed by atoms with van der Waals surface area (Å²) in [6, 6.07) is 14.0. The molecule has 2 aromatic carbocycles. The molecule has 142 valence electrons. The average Bonchev–Trinajstić information content (AvgIpc) is 3.26. The van der Waals surface area contributed by atoms with Gasteiger partial charge in [0, 0.05) is 37.2 Å². The van der Waals surface area contributed by atoms with E-state index < -0.39 is 0 Å². The third-order valence-corrected chi connectivity index (χ3v) is 5.86. The van der Waals surface area contributed by atoms with Crippen LogP contribution in [-0.2, 0) is 13.0 Å². The molecule has 0 unspecified atom stereocenters. The van der Waals surface area contributed by atoms with Gasteiger partial charge in [-0.3, -0.25) is 4.79 Å². The first-order valence-corrected chi connectivity index (χ1v) is 10.1. The quantitative estimate of drug-likeness (QED) is 0.688. The Morgan fingerprint density at radius 2 is 1.75 bits per heavy atom. The monoisotopic (exact) mass is 372 g/mol. The SMILES string of the molecule is Cc1nc2c(c(N3CCCC3)n1)CN(C(=O)c1cccc3ccccc13)CC2. The molecular formula is C23H24N4O. The van der Waals surface area contributed by atoms with Gasteiger partial charge in [-0.25, -0.2) is 9.97 Å². The van der Waals surface area contributed by atoms with Crippen molar-refractivity contribution < 1.29 is 4.79 Å². The van der Waals surface area contributed by atoms with Crippen LogP contribution >= 0.6 is 0 Å². The maximum absolute atomic E-state index is 13.4. The van der Waals surface area contributed by atoms with E-state index in [1.807, 2.05) is 42.2 Å². The van der Waals surface area contributed by atoms with Gasteiger partial charge in [0.05, 0.1) is 12.2 Å². The van der Waals surface area contributed by atoms with Gasteiger partial charge in [0.25, 0.3) is 5.91 Å². The lowest BCUT2D eigenvalue weighted by molar-refractivity contribution is 0.0735. The summed E-state index contributed by atoms with van der Waals surface area (Å²) in [5.41, 5.74) is 3.01. The Hall–Kier alpha value is -2.95. The lowest BCUT2D eigenvalue weighted by Gasteiger charge is -2.32. The molecule has 0 N–H and O–H groups in total. The van der Waals surface area contributed by atoms with Crippen LogP contribution < -0.4 is 4.90 Å². The van der Waals surface area contributed by atoms with E-state index >= 15 is 0 Å². The van der Waals surface area contributed by atoms with Crippen LogP contribution in [0.3, 0.4) is 0 Å². The Morgan fingerprint density at radius 3 is 2.61 bits per heavy atom. The van der Waals surface area contributed by atoms with Crippen molar-refractivity contribution in [2.45, 2.75) is 32.7 Å². The molecule has 0 spiro atoms. The van der Waals surface area contributed by atoms with Gasteiger partial charge in [-0.15, -0.1) is 0 Å². The normalized spacial score (nSPS) is 16.5.